The van der Waals surface area contributed by atoms with Crippen molar-refractivity contribution in [2.45, 2.75) is 32.4 Å². The van der Waals surface area contributed by atoms with Gasteiger partial charge in [-0.3, -0.25) is 4.90 Å². The Morgan fingerprint density at radius 2 is 2.04 bits per heavy atom. The molecular weight excluding hydrogens is 352 g/mol. The Hall–Kier alpha value is -2.77. The minimum atomic E-state index is 0.348. The number of tetrazole rings is 1. The van der Waals surface area contributed by atoms with Gasteiger partial charge < -0.3 is 10.1 Å². The summed E-state index contributed by atoms with van der Waals surface area (Å²) in [5, 5.41) is 15.4. The molecule has 28 heavy (non-hydrogen) atoms. The summed E-state index contributed by atoms with van der Waals surface area (Å²) in [7, 11) is 0. The van der Waals surface area contributed by atoms with Crippen molar-refractivity contribution in [2.75, 3.05) is 19.6 Å². The van der Waals surface area contributed by atoms with E-state index >= 15 is 0 Å². The van der Waals surface area contributed by atoms with E-state index in [0.717, 1.165) is 31.1 Å². The number of hydrogen-bond donors (Lipinski definition) is 1. The molecule has 1 aliphatic heterocycles. The summed E-state index contributed by atoms with van der Waals surface area (Å²) in [5.74, 6) is 0.724. The molecule has 0 amide bonds. The number of para-hydroxylation sites is 1. The molecule has 1 aliphatic rings. The first-order valence-electron chi connectivity index (χ1n) is 9.89. The number of rotatable bonds is 8. The smallest absolute Gasteiger partial charge is 0.345 e. The van der Waals surface area contributed by atoms with Gasteiger partial charge in [-0.05, 0) is 66.2 Å². The number of likely N-dealkylation sites (tertiary alicyclic amines) is 1. The Morgan fingerprint density at radius 3 is 2.89 bits per heavy atom. The maximum Gasteiger partial charge on any atom is 0.345 e. The zero-order valence-corrected chi connectivity index (χ0v) is 16.2. The van der Waals surface area contributed by atoms with E-state index in [2.05, 4.69) is 38.7 Å². The Labute approximate surface area is 165 Å². The first kappa shape index (κ1) is 18.6. The van der Waals surface area contributed by atoms with Crippen LogP contribution >= 0.6 is 0 Å². The van der Waals surface area contributed by atoms with Crippen LogP contribution in [0.25, 0.3) is 5.69 Å². The van der Waals surface area contributed by atoms with Crippen LogP contribution in [0, 0.1) is 0 Å². The highest BCUT2D eigenvalue weighted by Gasteiger charge is 2.22. The monoisotopic (exact) mass is 378 g/mol. The predicted octanol–water partition coefficient (Wildman–Crippen LogP) is 3.03. The van der Waals surface area contributed by atoms with Gasteiger partial charge in [0.1, 0.15) is 5.75 Å². The van der Waals surface area contributed by atoms with Crippen molar-refractivity contribution in [1.29, 1.82) is 0 Å². The zero-order valence-electron chi connectivity index (χ0n) is 16.2. The molecule has 0 unspecified atom stereocenters. The highest BCUT2D eigenvalue weighted by molar-refractivity contribution is 5.34. The van der Waals surface area contributed by atoms with Crippen molar-refractivity contribution in [3.8, 4) is 17.4 Å². The van der Waals surface area contributed by atoms with Gasteiger partial charge in [-0.1, -0.05) is 42.4 Å². The molecule has 0 bridgehead atoms. The predicted molar refractivity (Wildman–Crippen MR) is 108 cm³/mol. The lowest BCUT2D eigenvalue weighted by molar-refractivity contribution is 0.260. The van der Waals surface area contributed by atoms with Crippen LogP contribution in [0.3, 0.4) is 0 Å². The standard InChI is InChI=1S/C21H26N6O/c1-2-26-13-7-11-19(26)16-22-15-17-8-6-12-20(14-17)28-21-23-24-25-27(21)18-9-4-3-5-10-18/h3-6,8-10,12,14,19,22H,2,7,11,13,15-16H2,1H3/t19-/m0/s1. The van der Waals surface area contributed by atoms with Gasteiger partial charge in [0.15, 0.2) is 0 Å². The summed E-state index contributed by atoms with van der Waals surface area (Å²) < 4.78 is 7.54. The lowest BCUT2D eigenvalue weighted by atomic mass is 10.2. The summed E-state index contributed by atoms with van der Waals surface area (Å²) >= 11 is 0. The van der Waals surface area contributed by atoms with Crippen molar-refractivity contribution in [1.82, 2.24) is 30.4 Å². The Balaban J connectivity index is 1.38. The summed E-state index contributed by atoms with van der Waals surface area (Å²) in [6, 6.07) is 18.8. The molecule has 4 rings (SSSR count). The average Bonchev–Trinajstić information content (AvgIpc) is 3.38. The fourth-order valence-corrected chi connectivity index (χ4v) is 3.72. The third-order valence-corrected chi connectivity index (χ3v) is 5.16. The lowest BCUT2D eigenvalue weighted by Gasteiger charge is -2.23. The van der Waals surface area contributed by atoms with Crippen molar-refractivity contribution < 1.29 is 4.74 Å². The van der Waals surface area contributed by atoms with Gasteiger partial charge in [0, 0.05) is 19.1 Å². The normalized spacial score (nSPS) is 17.1. The van der Waals surface area contributed by atoms with Crippen LogP contribution in [0.1, 0.15) is 25.3 Å². The second kappa shape index (κ2) is 8.95. The third-order valence-electron chi connectivity index (χ3n) is 5.16. The van der Waals surface area contributed by atoms with E-state index < -0.39 is 0 Å². The van der Waals surface area contributed by atoms with Gasteiger partial charge in [0.2, 0.25) is 0 Å². The molecule has 1 N–H and O–H groups in total. The highest BCUT2D eigenvalue weighted by Crippen LogP contribution is 2.22. The number of nitrogens with one attached hydrogen (secondary N) is 1. The minimum Gasteiger partial charge on any atom is -0.423 e. The second-order valence-corrected chi connectivity index (χ2v) is 7.01. The van der Waals surface area contributed by atoms with E-state index in [4.69, 9.17) is 4.74 Å². The molecule has 7 nitrogen and oxygen atoms in total. The fourth-order valence-electron chi connectivity index (χ4n) is 3.72. The van der Waals surface area contributed by atoms with E-state index in [1.54, 1.807) is 4.68 Å². The molecule has 0 radical (unpaired) electrons. The molecule has 0 saturated carbocycles. The van der Waals surface area contributed by atoms with Crippen LogP contribution in [0.5, 0.6) is 11.8 Å². The Kier molecular flexibility index (Phi) is 5.94. The molecule has 1 aromatic heterocycles. The molecule has 3 aromatic rings. The zero-order chi connectivity index (χ0) is 19.2. The topological polar surface area (TPSA) is 68.1 Å². The second-order valence-electron chi connectivity index (χ2n) is 7.01. The van der Waals surface area contributed by atoms with E-state index in [1.165, 1.54) is 24.9 Å². The van der Waals surface area contributed by atoms with Gasteiger partial charge in [0.05, 0.1) is 5.69 Å². The van der Waals surface area contributed by atoms with Crippen LogP contribution in [-0.2, 0) is 6.54 Å². The van der Waals surface area contributed by atoms with Crippen LogP contribution in [0.4, 0.5) is 0 Å². The van der Waals surface area contributed by atoms with Crippen LogP contribution in [0.2, 0.25) is 0 Å². The van der Waals surface area contributed by atoms with Crippen LogP contribution in [0.15, 0.2) is 54.6 Å². The van der Waals surface area contributed by atoms with Crippen molar-refractivity contribution >= 4 is 0 Å². The van der Waals surface area contributed by atoms with E-state index in [0.29, 0.717) is 12.1 Å². The maximum atomic E-state index is 5.95. The van der Waals surface area contributed by atoms with Crippen molar-refractivity contribution in [2.24, 2.45) is 0 Å². The summed E-state index contributed by atoms with van der Waals surface area (Å²) in [6.07, 6.45) is 2.59. The molecule has 2 aromatic carbocycles. The van der Waals surface area contributed by atoms with Crippen molar-refractivity contribution in [3.05, 3.63) is 60.2 Å². The number of ether oxygens (including phenoxy) is 1. The molecule has 1 fully saturated rings. The van der Waals surface area contributed by atoms with Crippen LogP contribution in [-0.4, -0.2) is 50.8 Å². The fraction of sp³-hybridized carbons (Fsp3) is 0.381. The molecule has 146 valence electrons. The SMILES string of the molecule is CCN1CCC[C@H]1CNCc1cccc(Oc2nnnn2-c2ccccc2)c1. The largest absolute Gasteiger partial charge is 0.423 e. The quantitative estimate of drug-likeness (QED) is 0.650. The van der Waals surface area contributed by atoms with Gasteiger partial charge in [0.25, 0.3) is 0 Å². The first-order chi connectivity index (χ1) is 13.8. The highest BCUT2D eigenvalue weighted by atomic mass is 16.5. The first-order valence-corrected chi connectivity index (χ1v) is 9.89. The molecule has 7 heteroatoms. The summed E-state index contributed by atoms with van der Waals surface area (Å²) in [6.45, 7) is 6.43. The van der Waals surface area contributed by atoms with Crippen molar-refractivity contribution in [3.63, 3.8) is 0 Å². The maximum absolute atomic E-state index is 5.95. The van der Waals surface area contributed by atoms with Crippen LogP contribution < -0.4 is 10.1 Å². The van der Waals surface area contributed by atoms with Gasteiger partial charge in [-0.2, -0.15) is 4.68 Å². The number of likely N-dealkylation sites (N-methyl/N-ethyl adjacent to an activating group) is 1. The Bertz CT molecular complexity index is 881. The molecule has 1 saturated heterocycles. The Morgan fingerprint density at radius 1 is 1.14 bits per heavy atom. The lowest BCUT2D eigenvalue weighted by Crippen LogP contribution is -2.37. The number of aromatic nitrogens is 4. The van der Waals surface area contributed by atoms with E-state index in [9.17, 15) is 0 Å². The van der Waals surface area contributed by atoms with E-state index in [-0.39, 0.29) is 0 Å². The van der Waals surface area contributed by atoms with Gasteiger partial charge in [-0.25, -0.2) is 0 Å². The molecule has 0 spiro atoms. The average molecular weight is 378 g/mol. The number of nitrogens with zero attached hydrogens (tertiary/aromatic N) is 5. The molecule has 2 heterocycles. The van der Waals surface area contributed by atoms with E-state index in [1.807, 2.05) is 48.5 Å². The third kappa shape index (κ3) is 4.37. The van der Waals surface area contributed by atoms with Gasteiger partial charge in [-0.15, -0.1) is 0 Å². The summed E-state index contributed by atoms with van der Waals surface area (Å²) in [4.78, 5) is 2.55. The minimum absolute atomic E-state index is 0.348. The molecule has 1 atom stereocenters. The number of benzene rings is 2. The molecular formula is C21H26N6O. The summed E-state index contributed by atoms with van der Waals surface area (Å²) in [5.41, 5.74) is 2.04. The number of hydrogen-bond acceptors (Lipinski definition) is 6. The van der Waals surface area contributed by atoms with Gasteiger partial charge >= 0.3 is 6.01 Å². The molecule has 0 aliphatic carbocycles.